The van der Waals surface area contributed by atoms with Gasteiger partial charge in [-0.2, -0.15) is 0 Å². The lowest BCUT2D eigenvalue weighted by molar-refractivity contribution is 0.575. The lowest BCUT2D eigenvalue weighted by atomic mass is 10.1. The van der Waals surface area contributed by atoms with Gasteiger partial charge in [-0.1, -0.05) is 35.9 Å². The van der Waals surface area contributed by atoms with Crippen molar-refractivity contribution in [1.82, 2.24) is 0 Å². The summed E-state index contributed by atoms with van der Waals surface area (Å²) in [6.07, 6.45) is 6.40. The van der Waals surface area contributed by atoms with E-state index in [0.29, 0.717) is 4.83 Å². The van der Waals surface area contributed by atoms with Crippen LogP contribution in [0.3, 0.4) is 0 Å². The van der Waals surface area contributed by atoms with Crippen LogP contribution < -0.4 is 0 Å². The first kappa shape index (κ1) is 13.4. The molecule has 76 valence electrons. The summed E-state index contributed by atoms with van der Waals surface area (Å²) < 4.78 is 0.900. The summed E-state index contributed by atoms with van der Waals surface area (Å²) in [7, 11) is 1.77. The highest BCUT2D eigenvalue weighted by Gasteiger charge is 2.03. The molecule has 0 heterocycles. The van der Waals surface area contributed by atoms with Gasteiger partial charge < -0.3 is 0 Å². The second-order valence-electron chi connectivity index (χ2n) is 3.41. The minimum atomic E-state index is 0.584. The van der Waals surface area contributed by atoms with Crippen molar-refractivity contribution in [2.75, 3.05) is 7.05 Å². The molecular weight excluding hydrogens is 294 g/mol. The molecule has 0 aromatic rings. The first-order valence-corrected chi connectivity index (χ1v) is 6.20. The maximum atomic E-state index is 3.98. The number of halogens is 2. The second-order valence-corrected chi connectivity index (χ2v) is 5.52. The van der Waals surface area contributed by atoms with Crippen LogP contribution >= 0.6 is 31.9 Å². The molecular formula is C10H17Br2N. The molecule has 0 saturated heterocycles. The third-order valence-electron chi connectivity index (χ3n) is 1.59. The van der Waals surface area contributed by atoms with E-state index in [2.05, 4.69) is 56.8 Å². The Hall–Kier alpha value is 0.370. The monoisotopic (exact) mass is 309 g/mol. The van der Waals surface area contributed by atoms with Crippen LogP contribution in [0.5, 0.6) is 0 Å². The molecule has 0 spiro atoms. The molecule has 0 aromatic carbocycles. The normalized spacial score (nSPS) is 15.7. The summed E-state index contributed by atoms with van der Waals surface area (Å²) in [4.78, 5) is 4.56. The molecule has 0 radical (unpaired) electrons. The zero-order chi connectivity index (χ0) is 10.3. The Morgan fingerprint density at radius 1 is 1.46 bits per heavy atom. The highest BCUT2D eigenvalue weighted by Crippen LogP contribution is 2.16. The average Bonchev–Trinajstić information content (AvgIpc) is 2.02. The summed E-state index contributed by atoms with van der Waals surface area (Å²) in [5.74, 6) is 0.751. The van der Waals surface area contributed by atoms with Gasteiger partial charge in [0.15, 0.2) is 0 Å². The first-order chi connectivity index (χ1) is 6.06. The van der Waals surface area contributed by atoms with Gasteiger partial charge in [0.1, 0.15) is 0 Å². The molecule has 0 aliphatic carbocycles. The van der Waals surface area contributed by atoms with Crippen molar-refractivity contribution >= 4 is 36.5 Å². The lowest BCUT2D eigenvalue weighted by Crippen LogP contribution is -2.01. The van der Waals surface area contributed by atoms with E-state index in [1.165, 1.54) is 6.42 Å². The van der Waals surface area contributed by atoms with Gasteiger partial charge in [-0.25, -0.2) is 0 Å². The van der Waals surface area contributed by atoms with Crippen molar-refractivity contribution < 1.29 is 0 Å². The SMILES string of the molecule is CN=C(Br)/C=C\CC(Br)CC(C)C. The minimum Gasteiger partial charge on any atom is -0.281 e. The molecule has 1 atom stereocenters. The van der Waals surface area contributed by atoms with E-state index in [1.54, 1.807) is 7.05 Å². The van der Waals surface area contributed by atoms with E-state index in [1.807, 2.05) is 6.08 Å². The largest absolute Gasteiger partial charge is 0.281 e. The van der Waals surface area contributed by atoms with Gasteiger partial charge in [0.2, 0.25) is 0 Å². The number of aliphatic imine (C=N–C) groups is 1. The summed E-state index contributed by atoms with van der Waals surface area (Å²) in [6, 6.07) is 0. The average molecular weight is 311 g/mol. The van der Waals surface area contributed by atoms with E-state index < -0.39 is 0 Å². The Morgan fingerprint density at radius 3 is 2.54 bits per heavy atom. The maximum absolute atomic E-state index is 3.98. The number of hydrogen-bond donors (Lipinski definition) is 0. The van der Waals surface area contributed by atoms with Crippen molar-refractivity contribution in [2.45, 2.75) is 31.5 Å². The van der Waals surface area contributed by atoms with Gasteiger partial charge >= 0.3 is 0 Å². The van der Waals surface area contributed by atoms with Crippen molar-refractivity contribution in [3.63, 3.8) is 0 Å². The smallest absolute Gasteiger partial charge is 0.0994 e. The third-order valence-corrected chi connectivity index (χ3v) is 2.95. The zero-order valence-corrected chi connectivity index (χ0v) is 11.6. The van der Waals surface area contributed by atoms with Gasteiger partial charge in [-0.3, -0.25) is 4.99 Å². The number of hydrogen-bond acceptors (Lipinski definition) is 1. The minimum absolute atomic E-state index is 0.584. The number of alkyl halides is 1. The number of allylic oxidation sites excluding steroid dienone is 2. The predicted molar refractivity (Wildman–Crippen MR) is 68.2 cm³/mol. The molecule has 0 aliphatic rings. The van der Waals surface area contributed by atoms with E-state index in [-0.39, 0.29) is 0 Å². The quantitative estimate of drug-likeness (QED) is 0.534. The Balaban J connectivity index is 3.69. The summed E-state index contributed by atoms with van der Waals surface area (Å²) in [5.41, 5.74) is 0. The molecule has 13 heavy (non-hydrogen) atoms. The van der Waals surface area contributed by atoms with E-state index in [9.17, 15) is 0 Å². The Bertz CT molecular complexity index is 185. The van der Waals surface area contributed by atoms with Gasteiger partial charge in [0.25, 0.3) is 0 Å². The van der Waals surface area contributed by atoms with E-state index >= 15 is 0 Å². The van der Waals surface area contributed by atoms with Gasteiger partial charge in [0.05, 0.1) is 4.62 Å². The zero-order valence-electron chi connectivity index (χ0n) is 8.43. The van der Waals surface area contributed by atoms with Crippen molar-refractivity contribution in [1.29, 1.82) is 0 Å². The van der Waals surface area contributed by atoms with Crippen LogP contribution in [0, 0.1) is 5.92 Å². The molecule has 0 aromatic heterocycles. The molecule has 0 aliphatic heterocycles. The Morgan fingerprint density at radius 2 is 2.08 bits per heavy atom. The summed E-state index contributed by atoms with van der Waals surface area (Å²) in [5, 5.41) is 0. The molecule has 0 rings (SSSR count). The molecule has 3 heteroatoms. The molecule has 1 nitrogen and oxygen atoms in total. The fraction of sp³-hybridized carbons (Fsp3) is 0.700. The molecule has 0 fully saturated rings. The van der Waals surface area contributed by atoms with Gasteiger partial charge in [-0.15, -0.1) is 0 Å². The highest BCUT2D eigenvalue weighted by atomic mass is 79.9. The predicted octanol–water partition coefficient (Wildman–Crippen LogP) is 4.17. The van der Waals surface area contributed by atoms with Crippen LogP contribution in [0.1, 0.15) is 26.7 Å². The van der Waals surface area contributed by atoms with Gasteiger partial charge in [0, 0.05) is 11.9 Å². The Labute approximate surface area is 98.0 Å². The van der Waals surface area contributed by atoms with Crippen LogP contribution in [0.25, 0.3) is 0 Å². The molecule has 0 amide bonds. The second kappa shape index (κ2) is 7.74. The van der Waals surface area contributed by atoms with E-state index in [4.69, 9.17) is 0 Å². The Kier molecular flexibility index (Phi) is 7.96. The first-order valence-electron chi connectivity index (χ1n) is 4.49. The number of nitrogens with zero attached hydrogens (tertiary/aromatic N) is 1. The van der Waals surface area contributed by atoms with Gasteiger partial charge in [-0.05, 0) is 40.8 Å². The van der Waals surface area contributed by atoms with Crippen molar-refractivity contribution in [2.24, 2.45) is 10.9 Å². The highest BCUT2D eigenvalue weighted by molar-refractivity contribution is 9.18. The topological polar surface area (TPSA) is 12.4 Å². The van der Waals surface area contributed by atoms with Crippen LogP contribution in [0.2, 0.25) is 0 Å². The van der Waals surface area contributed by atoms with Crippen LogP contribution in [0.4, 0.5) is 0 Å². The molecule has 0 N–H and O–H groups in total. The van der Waals surface area contributed by atoms with Crippen molar-refractivity contribution in [3.8, 4) is 0 Å². The van der Waals surface area contributed by atoms with Crippen LogP contribution in [0.15, 0.2) is 17.1 Å². The molecule has 0 bridgehead atoms. The van der Waals surface area contributed by atoms with E-state index in [0.717, 1.165) is 17.0 Å². The van der Waals surface area contributed by atoms with Crippen LogP contribution in [-0.2, 0) is 0 Å². The fourth-order valence-electron chi connectivity index (χ4n) is 0.995. The fourth-order valence-corrected chi connectivity index (χ4v) is 2.15. The number of rotatable bonds is 5. The molecule has 1 unspecified atom stereocenters. The third kappa shape index (κ3) is 8.69. The van der Waals surface area contributed by atoms with Crippen LogP contribution in [-0.4, -0.2) is 16.5 Å². The summed E-state index contributed by atoms with van der Waals surface area (Å²) in [6.45, 7) is 4.47. The lowest BCUT2D eigenvalue weighted by Gasteiger charge is -2.08. The summed E-state index contributed by atoms with van der Waals surface area (Å²) >= 11 is 6.97. The standard InChI is InChI=1S/C10H17Br2N/c1-8(2)7-9(11)5-4-6-10(12)13-3/h4,6,8-9H,5,7H2,1-3H3/b6-4-,13-10?. The van der Waals surface area contributed by atoms with Crippen molar-refractivity contribution in [3.05, 3.63) is 12.2 Å². The maximum Gasteiger partial charge on any atom is 0.0994 e. The molecule has 0 saturated carbocycles.